The number of hydrazine groups is 1. The molecule has 0 unspecified atom stereocenters. The van der Waals surface area contributed by atoms with E-state index in [0.29, 0.717) is 43.2 Å². The van der Waals surface area contributed by atoms with Crippen molar-refractivity contribution in [2.24, 2.45) is 23.7 Å². The van der Waals surface area contributed by atoms with Gasteiger partial charge < -0.3 is 15.2 Å². The first kappa shape index (κ1) is 41.7. The maximum atomic E-state index is 15.5. The molecule has 3 fully saturated rings. The predicted octanol–water partition coefficient (Wildman–Crippen LogP) is 9.66. The van der Waals surface area contributed by atoms with E-state index in [1.54, 1.807) is 60.7 Å². The summed E-state index contributed by atoms with van der Waals surface area (Å²) in [6, 6.07) is 26.8. The van der Waals surface area contributed by atoms with Gasteiger partial charge in [0.25, 0.3) is 11.8 Å². The second-order valence-electron chi connectivity index (χ2n) is 15.5. The Kier molecular flexibility index (Phi) is 10.5. The number of allylic oxidation sites excluding steroid dienone is 2. The van der Waals surface area contributed by atoms with Gasteiger partial charge in [0.2, 0.25) is 11.8 Å². The average molecular weight is 995 g/mol. The standard InChI is InChI=1S/C45H33Cl2F3IN5O6/c1-62-35-18-22(17-34(51)38(35)57)37-29-15-16-30-36(42(60)55(40(30)58)28-13-11-27(12-14-28)53-26-5-3-2-4-6-26)31(29)20-32-41(59)56(43(61)44(32,37)23-7-9-25(46)10-8-23)54-39-33(47)19-24(21-52-39)45(48,49)50/h2-15,17-19,21,30-32,36-37,53,57H,16,20H2,1H3,(H,52,54)/t30-,31+,32-,36-,37-,44+/m0/s1. The molecule has 17 heteroatoms. The van der Waals surface area contributed by atoms with Gasteiger partial charge in [-0.2, -0.15) is 18.2 Å². The Bertz CT molecular complexity index is 2710. The van der Waals surface area contributed by atoms with Gasteiger partial charge in [0.05, 0.1) is 50.1 Å². The van der Waals surface area contributed by atoms with E-state index >= 15 is 9.59 Å². The Hall–Kier alpha value is -5.65. The number of para-hydroxylation sites is 1. The number of methoxy groups -OCH3 is 1. The second-order valence-corrected chi connectivity index (χ2v) is 17.5. The van der Waals surface area contributed by atoms with Crippen molar-refractivity contribution in [2.75, 3.05) is 22.8 Å². The zero-order chi connectivity index (χ0) is 43.8. The van der Waals surface area contributed by atoms with Crippen molar-refractivity contribution in [3.05, 3.63) is 145 Å². The van der Waals surface area contributed by atoms with Gasteiger partial charge in [0, 0.05) is 28.5 Å². The van der Waals surface area contributed by atoms with E-state index < -0.39 is 75.4 Å². The summed E-state index contributed by atoms with van der Waals surface area (Å²) < 4.78 is 46.7. The van der Waals surface area contributed by atoms with Crippen LogP contribution in [-0.4, -0.2) is 45.8 Å². The maximum absolute atomic E-state index is 15.5. The molecular formula is C45H33Cl2F3IN5O6. The molecule has 2 aliphatic carbocycles. The molecule has 3 N–H and O–H groups in total. The van der Waals surface area contributed by atoms with Crippen molar-refractivity contribution in [2.45, 2.75) is 30.4 Å². The van der Waals surface area contributed by atoms with Crippen molar-refractivity contribution in [1.29, 1.82) is 0 Å². The van der Waals surface area contributed by atoms with Crippen LogP contribution in [-0.2, 0) is 30.8 Å². The van der Waals surface area contributed by atoms with Crippen molar-refractivity contribution < 1.29 is 42.2 Å². The molecule has 1 saturated carbocycles. The summed E-state index contributed by atoms with van der Waals surface area (Å²) >= 11 is 14.6. The van der Waals surface area contributed by atoms with Crippen LogP contribution < -0.4 is 20.4 Å². The van der Waals surface area contributed by atoms with Gasteiger partial charge in [-0.05, 0) is 119 Å². The Labute approximate surface area is 376 Å². The molecule has 0 radical (unpaired) electrons. The zero-order valence-electron chi connectivity index (χ0n) is 32.3. The molecule has 4 aliphatic rings. The molecule has 1 aromatic heterocycles. The number of alkyl halides is 3. The van der Waals surface area contributed by atoms with Gasteiger partial charge in [0.1, 0.15) is 0 Å². The number of anilines is 4. The van der Waals surface area contributed by atoms with Crippen LogP contribution >= 0.6 is 45.8 Å². The molecule has 4 amide bonds. The van der Waals surface area contributed by atoms with E-state index in [1.807, 2.05) is 59.0 Å². The summed E-state index contributed by atoms with van der Waals surface area (Å²) in [6.07, 6.45) is -2.28. The Morgan fingerprint density at radius 3 is 2.24 bits per heavy atom. The van der Waals surface area contributed by atoms with Crippen molar-refractivity contribution >= 4 is 92.3 Å². The van der Waals surface area contributed by atoms with E-state index in [9.17, 15) is 27.9 Å². The minimum Gasteiger partial charge on any atom is -0.504 e. The van der Waals surface area contributed by atoms with Gasteiger partial charge in [-0.15, -0.1) is 0 Å². The molecule has 2 aliphatic heterocycles. The highest BCUT2D eigenvalue weighted by molar-refractivity contribution is 14.1. The lowest BCUT2D eigenvalue weighted by atomic mass is 9.49. The van der Waals surface area contributed by atoms with E-state index in [4.69, 9.17) is 27.9 Å². The topological polar surface area (TPSA) is 141 Å². The number of hydrogen-bond donors (Lipinski definition) is 3. The number of fused-ring (bicyclic) bond motifs is 4. The fraction of sp³-hybridized carbons (Fsp3) is 0.222. The third-order valence-electron chi connectivity index (χ3n) is 12.3. The Morgan fingerprint density at radius 1 is 0.887 bits per heavy atom. The monoisotopic (exact) mass is 993 g/mol. The number of carbonyl (C=O) groups is 4. The number of rotatable bonds is 8. The summed E-state index contributed by atoms with van der Waals surface area (Å²) in [6.45, 7) is 0. The van der Waals surface area contributed by atoms with Crippen LogP contribution in [0.2, 0.25) is 10.0 Å². The molecule has 0 bridgehead atoms. The number of imide groups is 2. The molecular weight excluding hydrogens is 961 g/mol. The number of benzene rings is 4. The fourth-order valence-corrected chi connectivity index (χ4v) is 10.7. The minimum absolute atomic E-state index is 0.0673. The lowest BCUT2D eigenvalue weighted by molar-refractivity contribution is -0.139. The highest BCUT2D eigenvalue weighted by Gasteiger charge is 2.70. The van der Waals surface area contributed by atoms with Crippen LogP contribution in [0.1, 0.15) is 35.4 Å². The SMILES string of the molecule is COc1cc([C@H]2C3=CC[C@@H]4C(=O)N(c5ccc(Nc6ccccc6)cc5)C(=O)[C@@H]4[C@@H]3C[C@H]3C(=O)N(Nc4ncc(C(F)(F)F)cc4Cl)C(=O)[C@@]23c2ccc(Cl)cc2)cc(I)c1O. The number of hydrogen-bond acceptors (Lipinski definition) is 9. The first-order chi connectivity index (χ1) is 29.6. The molecule has 11 nitrogen and oxygen atoms in total. The molecule has 3 heterocycles. The molecule has 2 saturated heterocycles. The number of carbonyl (C=O) groups excluding carboxylic acids is 4. The smallest absolute Gasteiger partial charge is 0.417 e. The quantitative estimate of drug-likeness (QED) is 0.0788. The number of aromatic hydroxyl groups is 1. The summed E-state index contributed by atoms with van der Waals surface area (Å²) in [5.74, 6) is -7.53. The van der Waals surface area contributed by atoms with Gasteiger partial charge in [-0.25, -0.2) is 4.98 Å². The van der Waals surface area contributed by atoms with E-state index in [-0.39, 0.29) is 30.2 Å². The fourth-order valence-electron chi connectivity index (χ4n) is 9.71. The van der Waals surface area contributed by atoms with Gasteiger partial charge in [-0.1, -0.05) is 65.2 Å². The van der Waals surface area contributed by atoms with Crippen LogP contribution in [0.15, 0.2) is 115 Å². The van der Waals surface area contributed by atoms with E-state index in [0.717, 1.165) is 16.4 Å². The first-order valence-corrected chi connectivity index (χ1v) is 21.2. The average Bonchev–Trinajstić information content (AvgIpc) is 3.63. The Morgan fingerprint density at radius 2 is 1.58 bits per heavy atom. The highest BCUT2D eigenvalue weighted by atomic mass is 127. The number of pyridine rings is 1. The van der Waals surface area contributed by atoms with Gasteiger partial charge in [-0.3, -0.25) is 29.5 Å². The van der Waals surface area contributed by atoms with Crippen LogP contribution in [0, 0.1) is 27.2 Å². The molecule has 9 rings (SSSR count). The van der Waals surface area contributed by atoms with Crippen LogP contribution in [0.5, 0.6) is 11.5 Å². The number of nitrogens with one attached hydrogen (secondary N) is 2. The lowest BCUT2D eigenvalue weighted by Gasteiger charge is -2.50. The normalized spacial score (nSPS) is 24.4. The van der Waals surface area contributed by atoms with Crippen molar-refractivity contribution in [3.8, 4) is 11.5 Å². The number of nitrogens with zero attached hydrogens (tertiary/aromatic N) is 3. The van der Waals surface area contributed by atoms with Gasteiger partial charge >= 0.3 is 6.18 Å². The zero-order valence-corrected chi connectivity index (χ0v) is 36.0. The number of halogens is 6. The largest absolute Gasteiger partial charge is 0.504 e. The van der Waals surface area contributed by atoms with Crippen molar-refractivity contribution in [1.82, 2.24) is 9.99 Å². The lowest BCUT2D eigenvalue weighted by Crippen LogP contribution is -2.53. The predicted molar refractivity (Wildman–Crippen MR) is 233 cm³/mol. The number of aromatic nitrogens is 1. The highest BCUT2D eigenvalue weighted by Crippen LogP contribution is 2.65. The first-order valence-electron chi connectivity index (χ1n) is 19.3. The molecule has 62 heavy (non-hydrogen) atoms. The summed E-state index contributed by atoms with van der Waals surface area (Å²) in [5.41, 5.74) is 3.16. The second kappa shape index (κ2) is 15.6. The number of phenols is 1. The van der Waals surface area contributed by atoms with Gasteiger partial charge in [0.15, 0.2) is 17.3 Å². The van der Waals surface area contributed by atoms with Crippen molar-refractivity contribution in [3.63, 3.8) is 0 Å². The van der Waals surface area contributed by atoms with Crippen LogP contribution in [0.4, 0.5) is 36.1 Å². The summed E-state index contributed by atoms with van der Waals surface area (Å²) in [4.78, 5) is 64.7. The number of ether oxygens (including phenoxy) is 1. The van der Waals surface area contributed by atoms with E-state index in [2.05, 4.69) is 15.7 Å². The summed E-state index contributed by atoms with van der Waals surface area (Å²) in [5, 5.41) is 14.8. The molecule has 4 aromatic carbocycles. The summed E-state index contributed by atoms with van der Waals surface area (Å²) in [7, 11) is 1.37. The van der Waals surface area contributed by atoms with Crippen LogP contribution in [0.25, 0.3) is 0 Å². The molecule has 316 valence electrons. The third kappa shape index (κ3) is 6.66. The number of amides is 4. The third-order valence-corrected chi connectivity index (χ3v) is 13.7. The van der Waals surface area contributed by atoms with E-state index in [1.165, 1.54) is 12.0 Å². The Balaban J connectivity index is 1.17. The molecule has 0 spiro atoms. The molecule has 6 atom stereocenters. The minimum atomic E-state index is -4.77. The molecule has 5 aromatic rings. The maximum Gasteiger partial charge on any atom is 0.417 e. The number of phenolic OH excluding ortho intramolecular Hbond substituents is 1. The van der Waals surface area contributed by atoms with Crippen LogP contribution in [0.3, 0.4) is 0 Å².